The lowest BCUT2D eigenvalue weighted by atomic mass is 10.2. The molecule has 0 aliphatic heterocycles. The first-order valence-corrected chi connectivity index (χ1v) is 8.12. The standard InChI is InChI=1S/C17H15N3O3S/c1-10-16(11(2)22)24-17(18-10)19-15(23)8-20-7-12(9-21)13-5-3-4-6-14(13)20/h3-7,9H,8H2,1-2H3,(H,18,19,23). The maximum atomic E-state index is 12.3. The van der Waals surface area contributed by atoms with Crippen molar-refractivity contribution >= 4 is 45.3 Å². The number of nitrogens with zero attached hydrogens (tertiary/aromatic N) is 2. The molecule has 1 aromatic carbocycles. The van der Waals surface area contributed by atoms with Gasteiger partial charge in [-0.05, 0) is 13.0 Å². The van der Waals surface area contributed by atoms with Gasteiger partial charge in [-0.3, -0.25) is 14.4 Å². The molecule has 0 aliphatic carbocycles. The SMILES string of the molecule is CC(=O)c1sc(NC(=O)Cn2cc(C=O)c3ccccc32)nc1C. The molecule has 0 bridgehead atoms. The third-order valence-corrected chi connectivity index (χ3v) is 4.80. The number of aromatic nitrogens is 2. The zero-order valence-electron chi connectivity index (χ0n) is 13.2. The largest absolute Gasteiger partial charge is 0.337 e. The Hall–Kier alpha value is -2.80. The van der Waals surface area contributed by atoms with Crippen LogP contribution in [0.5, 0.6) is 0 Å². The molecule has 7 heteroatoms. The van der Waals surface area contributed by atoms with E-state index in [4.69, 9.17) is 0 Å². The number of amides is 1. The number of thiazole rings is 1. The van der Waals surface area contributed by atoms with Gasteiger partial charge >= 0.3 is 0 Å². The van der Waals surface area contributed by atoms with Crippen LogP contribution in [0.15, 0.2) is 30.5 Å². The monoisotopic (exact) mass is 341 g/mol. The Balaban J connectivity index is 1.82. The van der Waals surface area contributed by atoms with Gasteiger partial charge in [0.1, 0.15) is 6.54 Å². The molecule has 0 spiro atoms. The number of fused-ring (bicyclic) bond motifs is 1. The second-order valence-electron chi connectivity index (χ2n) is 5.39. The zero-order valence-corrected chi connectivity index (χ0v) is 14.0. The highest BCUT2D eigenvalue weighted by molar-refractivity contribution is 7.17. The minimum absolute atomic E-state index is 0.0579. The summed E-state index contributed by atoms with van der Waals surface area (Å²) in [6.07, 6.45) is 2.44. The summed E-state index contributed by atoms with van der Waals surface area (Å²) < 4.78 is 1.72. The number of nitrogens with one attached hydrogen (secondary N) is 1. The minimum atomic E-state index is -0.267. The number of aldehydes is 1. The Morgan fingerprint density at radius 2 is 2.08 bits per heavy atom. The number of carbonyl (C=O) groups is 3. The number of benzene rings is 1. The molecule has 0 saturated carbocycles. The topological polar surface area (TPSA) is 81.1 Å². The van der Waals surface area contributed by atoms with Crippen LogP contribution in [0.4, 0.5) is 5.13 Å². The second-order valence-corrected chi connectivity index (χ2v) is 6.38. The lowest BCUT2D eigenvalue weighted by Gasteiger charge is -2.05. The average Bonchev–Trinajstić information content (AvgIpc) is 3.08. The molecule has 2 heterocycles. The summed E-state index contributed by atoms with van der Waals surface area (Å²) >= 11 is 1.16. The van der Waals surface area contributed by atoms with Crippen molar-refractivity contribution in [3.63, 3.8) is 0 Å². The van der Waals surface area contributed by atoms with E-state index < -0.39 is 0 Å². The van der Waals surface area contributed by atoms with Gasteiger partial charge in [0.05, 0.1) is 10.6 Å². The minimum Gasteiger partial charge on any atom is -0.337 e. The van der Waals surface area contributed by atoms with Crippen molar-refractivity contribution in [1.82, 2.24) is 9.55 Å². The van der Waals surface area contributed by atoms with Gasteiger partial charge < -0.3 is 9.88 Å². The van der Waals surface area contributed by atoms with Gasteiger partial charge in [0.25, 0.3) is 0 Å². The number of para-hydroxylation sites is 1. The fraction of sp³-hybridized carbons (Fsp3) is 0.176. The van der Waals surface area contributed by atoms with E-state index in [1.165, 1.54) is 6.92 Å². The van der Waals surface area contributed by atoms with Crippen molar-refractivity contribution in [3.8, 4) is 0 Å². The summed E-state index contributed by atoms with van der Waals surface area (Å²) in [6, 6.07) is 7.41. The number of ketones is 1. The third kappa shape index (κ3) is 2.98. The van der Waals surface area contributed by atoms with E-state index in [9.17, 15) is 14.4 Å². The van der Waals surface area contributed by atoms with Crippen LogP contribution in [0.2, 0.25) is 0 Å². The molecule has 6 nitrogen and oxygen atoms in total. The number of hydrogen-bond donors (Lipinski definition) is 1. The summed E-state index contributed by atoms with van der Waals surface area (Å²) in [6.45, 7) is 3.26. The van der Waals surface area contributed by atoms with Crippen LogP contribution in [-0.4, -0.2) is 27.5 Å². The normalized spacial score (nSPS) is 10.8. The summed E-state index contributed by atoms with van der Waals surface area (Å²) in [7, 11) is 0. The van der Waals surface area contributed by atoms with Gasteiger partial charge in [-0.15, -0.1) is 0 Å². The van der Waals surface area contributed by atoms with Crippen molar-refractivity contribution in [2.24, 2.45) is 0 Å². The molecule has 0 atom stereocenters. The van der Waals surface area contributed by atoms with E-state index in [1.54, 1.807) is 17.7 Å². The van der Waals surface area contributed by atoms with E-state index in [2.05, 4.69) is 10.3 Å². The van der Waals surface area contributed by atoms with Crippen molar-refractivity contribution in [3.05, 3.63) is 46.6 Å². The Morgan fingerprint density at radius 3 is 2.75 bits per heavy atom. The number of Topliss-reactive ketones (excluding diaryl/α,β-unsaturated/α-hetero) is 1. The number of carbonyl (C=O) groups excluding carboxylic acids is 3. The molecule has 3 aromatic rings. The quantitative estimate of drug-likeness (QED) is 0.571. The van der Waals surface area contributed by atoms with Crippen molar-refractivity contribution in [1.29, 1.82) is 0 Å². The maximum Gasteiger partial charge on any atom is 0.246 e. The van der Waals surface area contributed by atoms with Gasteiger partial charge in [-0.2, -0.15) is 0 Å². The van der Waals surface area contributed by atoms with Gasteiger partial charge in [0, 0.05) is 29.6 Å². The Bertz CT molecular complexity index is 955. The predicted molar refractivity (Wildman–Crippen MR) is 92.8 cm³/mol. The molecule has 0 aliphatic rings. The summed E-state index contributed by atoms with van der Waals surface area (Å²) in [4.78, 5) is 39.6. The van der Waals surface area contributed by atoms with E-state index >= 15 is 0 Å². The lowest BCUT2D eigenvalue weighted by Crippen LogP contribution is -2.18. The van der Waals surface area contributed by atoms with Gasteiger partial charge in [0.15, 0.2) is 17.2 Å². The number of rotatable bonds is 5. The van der Waals surface area contributed by atoms with E-state index in [0.29, 0.717) is 21.3 Å². The Morgan fingerprint density at radius 1 is 1.33 bits per heavy atom. The van der Waals surface area contributed by atoms with Crippen LogP contribution in [0.1, 0.15) is 32.6 Å². The molecule has 2 aromatic heterocycles. The van der Waals surface area contributed by atoms with E-state index in [1.807, 2.05) is 24.3 Å². The van der Waals surface area contributed by atoms with Gasteiger partial charge in [-0.25, -0.2) is 4.98 Å². The molecule has 122 valence electrons. The maximum absolute atomic E-state index is 12.3. The first-order valence-electron chi connectivity index (χ1n) is 7.31. The fourth-order valence-corrected chi connectivity index (χ4v) is 3.47. The van der Waals surface area contributed by atoms with Crippen molar-refractivity contribution in [2.75, 3.05) is 5.32 Å². The number of hydrogen-bond acceptors (Lipinski definition) is 5. The van der Waals surface area contributed by atoms with Crippen molar-refractivity contribution < 1.29 is 14.4 Å². The van der Waals surface area contributed by atoms with Gasteiger partial charge in [-0.1, -0.05) is 29.5 Å². The van der Waals surface area contributed by atoms with Crippen LogP contribution < -0.4 is 5.32 Å². The average molecular weight is 341 g/mol. The first kappa shape index (κ1) is 16.1. The third-order valence-electron chi connectivity index (χ3n) is 3.62. The number of aryl methyl sites for hydroxylation is 1. The molecule has 24 heavy (non-hydrogen) atoms. The summed E-state index contributed by atoms with van der Waals surface area (Å²) in [5.74, 6) is -0.338. The highest BCUT2D eigenvalue weighted by atomic mass is 32.1. The molecule has 1 amide bonds. The van der Waals surface area contributed by atoms with E-state index in [0.717, 1.165) is 28.5 Å². The Kier molecular flexibility index (Phi) is 4.26. The van der Waals surface area contributed by atoms with Crippen LogP contribution in [-0.2, 0) is 11.3 Å². The zero-order chi connectivity index (χ0) is 17.3. The second kappa shape index (κ2) is 6.37. The fourth-order valence-electron chi connectivity index (χ4n) is 2.59. The van der Waals surface area contributed by atoms with Crippen LogP contribution in [0.25, 0.3) is 10.9 Å². The molecule has 1 N–H and O–H groups in total. The van der Waals surface area contributed by atoms with E-state index in [-0.39, 0.29) is 18.2 Å². The molecule has 0 unspecified atom stereocenters. The molecule has 0 saturated heterocycles. The van der Waals surface area contributed by atoms with Crippen LogP contribution in [0, 0.1) is 6.92 Å². The van der Waals surface area contributed by atoms with Crippen LogP contribution in [0.3, 0.4) is 0 Å². The smallest absolute Gasteiger partial charge is 0.246 e. The first-order chi connectivity index (χ1) is 11.5. The highest BCUT2D eigenvalue weighted by Crippen LogP contribution is 2.23. The van der Waals surface area contributed by atoms with Crippen molar-refractivity contribution in [2.45, 2.75) is 20.4 Å². The summed E-state index contributed by atoms with van der Waals surface area (Å²) in [5, 5.41) is 3.91. The molecule has 0 radical (unpaired) electrons. The Labute approximate surface area is 142 Å². The number of anilines is 1. The molecular formula is C17H15N3O3S. The summed E-state index contributed by atoms with van der Waals surface area (Å²) in [5.41, 5.74) is 1.97. The molecular weight excluding hydrogens is 326 g/mol. The molecule has 0 fully saturated rings. The van der Waals surface area contributed by atoms with Gasteiger partial charge in [0.2, 0.25) is 5.91 Å². The lowest BCUT2D eigenvalue weighted by molar-refractivity contribution is -0.116. The molecule has 3 rings (SSSR count). The van der Waals surface area contributed by atoms with Crippen LogP contribution >= 0.6 is 11.3 Å². The predicted octanol–water partition coefficient (Wildman–Crippen LogP) is 3.06. The highest BCUT2D eigenvalue weighted by Gasteiger charge is 2.15.